The van der Waals surface area contributed by atoms with Gasteiger partial charge < -0.3 is 4.74 Å². The first-order valence-electron chi connectivity index (χ1n) is 10.2. The van der Waals surface area contributed by atoms with Gasteiger partial charge in [0.05, 0.1) is 13.0 Å². The molecule has 1 fully saturated rings. The van der Waals surface area contributed by atoms with Gasteiger partial charge in [0, 0.05) is 0 Å². The largest absolute Gasteiger partial charge is 0.469 e. The van der Waals surface area contributed by atoms with Crippen LogP contribution in [0.25, 0.3) is 0 Å². The average molecular weight is 347 g/mol. The second kappa shape index (κ2) is 13.9. The molecular formula is C23H38O2. The Morgan fingerprint density at radius 3 is 2.64 bits per heavy atom. The Kier molecular flexibility index (Phi) is 12.1. The lowest BCUT2D eigenvalue weighted by atomic mass is 9.91. The third-order valence-corrected chi connectivity index (χ3v) is 5.39. The molecule has 1 unspecified atom stereocenters. The summed E-state index contributed by atoms with van der Waals surface area (Å²) >= 11 is 0. The highest BCUT2D eigenvalue weighted by Gasteiger charge is 2.23. The Morgan fingerprint density at radius 2 is 1.92 bits per heavy atom. The minimum absolute atomic E-state index is 0.0550. The van der Waals surface area contributed by atoms with Gasteiger partial charge in [0.2, 0.25) is 0 Å². The van der Waals surface area contributed by atoms with Gasteiger partial charge in [-0.1, -0.05) is 49.8 Å². The van der Waals surface area contributed by atoms with Crippen molar-refractivity contribution in [1.82, 2.24) is 0 Å². The van der Waals surface area contributed by atoms with E-state index >= 15 is 0 Å². The second-order valence-corrected chi connectivity index (χ2v) is 7.20. The van der Waals surface area contributed by atoms with Crippen molar-refractivity contribution in [2.75, 3.05) is 7.11 Å². The summed E-state index contributed by atoms with van der Waals surface area (Å²) in [6.07, 6.45) is 25.5. The van der Waals surface area contributed by atoms with E-state index in [9.17, 15) is 4.79 Å². The predicted molar refractivity (Wildman–Crippen MR) is 107 cm³/mol. The molecule has 142 valence electrons. The molecule has 0 aromatic heterocycles. The molecular weight excluding hydrogens is 308 g/mol. The van der Waals surface area contributed by atoms with Crippen molar-refractivity contribution in [2.45, 2.75) is 78.1 Å². The minimum atomic E-state index is -0.0636. The van der Waals surface area contributed by atoms with Crippen molar-refractivity contribution in [3.63, 3.8) is 0 Å². The highest BCUT2D eigenvalue weighted by molar-refractivity contribution is 5.72. The number of esters is 1. The zero-order valence-electron chi connectivity index (χ0n) is 16.6. The summed E-state index contributed by atoms with van der Waals surface area (Å²) in [4.78, 5) is 11.6. The van der Waals surface area contributed by atoms with Gasteiger partial charge in [-0.25, -0.2) is 0 Å². The second-order valence-electron chi connectivity index (χ2n) is 7.20. The molecule has 0 aromatic rings. The SMILES string of the molecule is CC=CCCCC=C[C@H]1CCC[C@@H]1CC=CCCC(CC)C(=O)OC. The van der Waals surface area contributed by atoms with E-state index < -0.39 is 0 Å². The molecule has 0 N–H and O–H groups in total. The number of methoxy groups -OCH3 is 1. The summed E-state index contributed by atoms with van der Waals surface area (Å²) < 4.78 is 4.85. The Balaban J connectivity index is 2.25. The molecule has 0 aromatic carbocycles. The van der Waals surface area contributed by atoms with E-state index in [4.69, 9.17) is 4.74 Å². The first kappa shape index (κ1) is 21.7. The lowest BCUT2D eigenvalue weighted by molar-refractivity contribution is -0.145. The molecule has 1 aliphatic rings. The van der Waals surface area contributed by atoms with Crippen molar-refractivity contribution >= 4 is 5.97 Å². The fraction of sp³-hybridized carbons (Fsp3) is 0.696. The third-order valence-electron chi connectivity index (χ3n) is 5.39. The molecule has 0 bridgehead atoms. The van der Waals surface area contributed by atoms with E-state index in [1.807, 2.05) is 0 Å². The number of hydrogen-bond donors (Lipinski definition) is 0. The fourth-order valence-electron chi connectivity index (χ4n) is 3.74. The summed E-state index contributed by atoms with van der Waals surface area (Å²) in [5.74, 6) is 1.57. The minimum Gasteiger partial charge on any atom is -0.469 e. The van der Waals surface area contributed by atoms with Gasteiger partial charge in [-0.15, -0.1) is 0 Å². The first-order chi connectivity index (χ1) is 12.2. The van der Waals surface area contributed by atoms with Crippen LogP contribution in [-0.2, 0) is 9.53 Å². The van der Waals surface area contributed by atoms with Crippen LogP contribution in [0.3, 0.4) is 0 Å². The van der Waals surface area contributed by atoms with Crippen molar-refractivity contribution in [2.24, 2.45) is 17.8 Å². The summed E-state index contributed by atoms with van der Waals surface area (Å²) in [6, 6.07) is 0. The number of carbonyl (C=O) groups excluding carboxylic acids is 1. The smallest absolute Gasteiger partial charge is 0.308 e. The van der Waals surface area contributed by atoms with Gasteiger partial charge in [-0.05, 0) is 76.5 Å². The molecule has 1 rings (SSSR count). The molecule has 0 saturated heterocycles. The number of rotatable bonds is 12. The van der Waals surface area contributed by atoms with Gasteiger partial charge >= 0.3 is 5.97 Å². The maximum atomic E-state index is 11.6. The van der Waals surface area contributed by atoms with E-state index in [0.717, 1.165) is 31.1 Å². The third kappa shape index (κ3) is 9.09. The van der Waals surface area contributed by atoms with Crippen LogP contribution in [0.15, 0.2) is 36.5 Å². The van der Waals surface area contributed by atoms with Crippen LogP contribution in [0.2, 0.25) is 0 Å². The molecule has 25 heavy (non-hydrogen) atoms. The Bertz CT molecular complexity index is 433. The van der Waals surface area contributed by atoms with Crippen LogP contribution < -0.4 is 0 Å². The van der Waals surface area contributed by atoms with Gasteiger partial charge in [-0.2, -0.15) is 0 Å². The Labute approximate surface area is 155 Å². The quantitative estimate of drug-likeness (QED) is 0.225. The molecule has 1 aliphatic carbocycles. The molecule has 0 amide bonds. The molecule has 2 nitrogen and oxygen atoms in total. The molecule has 0 heterocycles. The molecule has 3 atom stereocenters. The number of carbonyl (C=O) groups is 1. The van der Waals surface area contributed by atoms with Gasteiger partial charge in [0.1, 0.15) is 0 Å². The zero-order valence-corrected chi connectivity index (χ0v) is 16.6. The van der Waals surface area contributed by atoms with Crippen molar-refractivity contribution in [3.8, 4) is 0 Å². The normalized spacial score (nSPS) is 22.4. The van der Waals surface area contributed by atoms with Crippen LogP contribution in [0.5, 0.6) is 0 Å². The topological polar surface area (TPSA) is 26.3 Å². The van der Waals surface area contributed by atoms with E-state index in [1.54, 1.807) is 0 Å². The maximum absolute atomic E-state index is 11.6. The Hall–Kier alpha value is -1.31. The van der Waals surface area contributed by atoms with E-state index in [0.29, 0.717) is 0 Å². The van der Waals surface area contributed by atoms with Gasteiger partial charge in [-0.3, -0.25) is 4.79 Å². The van der Waals surface area contributed by atoms with Crippen LogP contribution >= 0.6 is 0 Å². The fourth-order valence-corrected chi connectivity index (χ4v) is 3.74. The Morgan fingerprint density at radius 1 is 1.12 bits per heavy atom. The zero-order chi connectivity index (χ0) is 18.3. The average Bonchev–Trinajstić information content (AvgIpc) is 3.07. The molecule has 2 heteroatoms. The first-order valence-corrected chi connectivity index (χ1v) is 10.2. The summed E-state index contributed by atoms with van der Waals surface area (Å²) in [7, 11) is 1.48. The number of hydrogen-bond acceptors (Lipinski definition) is 2. The summed E-state index contributed by atoms with van der Waals surface area (Å²) in [5.41, 5.74) is 0. The number of unbranched alkanes of at least 4 members (excludes halogenated alkanes) is 2. The molecule has 1 saturated carbocycles. The highest BCUT2D eigenvalue weighted by atomic mass is 16.5. The highest BCUT2D eigenvalue weighted by Crippen LogP contribution is 2.35. The summed E-state index contributed by atoms with van der Waals surface area (Å²) in [5, 5.41) is 0. The van der Waals surface area contributed by atoms with E-state index in [2.05, 4.69) is 50.3 Å². The van der Waals surface area contributed by atoms with E-state index in [-0.39, 0.29) is 11.9 Å². The van der Waals surface area contributed by atoms with Crippen LogP contribution in [0.4, 0.5) is 0 Å². The van der Waals surface area contributed by atoms with Gasteiger partial charge in [0.15, 0.2) is 0 Å². The summed E-state index contributed by atoms with van der Waals surface area (Å²) in [6.45, 7) is 4.14. The number of allylic oxidation sites excluding steroid dienone is 6. The lowest BCUT2D eigenvalue weighted by Gasteiger charge is -2.14. The lowest BCUT2D eigenvalue weighted by Crippen LogP contribution is -2.14. The molecule has 0 spiro atoms. The number of ether oxygens (including phenoxy) is 1. The maximum Gasteiger partial charge on any atom is 0.308 e. The van der Waals surface area contributed by atoms with Gasteiger partial charge in [0.25, 0.3) is 0 Å². The monoisotopic (exact) mass is 346 g/mol. The van der Waals surface area contributed by atoms with Crippen molar-refractivity contribution in [1.29, 1.82) is 0 Å². The van der Waals surface area contributed by atoms with Crippen LogP contribution in [-0.4, -0.2) is 13.1 Å². The standard InChI is InChI=1S/C23H38O2/c1-4-6-7-8-9-11-16-21-18-14-19-22(21)17-13-10-12-15-20(5-2)23(24)25-3/h4,6,10-11,13,16,20-22H,5,7-9,12,14-15,17-19H2,1-3H3/t20?,21-,22-/m0/s1. The van der Waals surface area contributed by atoms with Crippen molar-refractivity contribution in [3.05, 3.63) is 36.5 Å². The molecule has 0 aliphatic heterocycles. The van der Waals surface area contributed by atoms with Crippen molar-refractivity contribution < 1.29 is 9.53 Å². The van der Waals surface area contributed by atoms with E-state index in [1.165, 1.54) is 52.1 Å². The van der Waals surface area contributed by atoms with Crippen LogP contribution in [0.1, 0.15) is 78.1 Å². The molecule has 0 radical (unpaired) electrons. The predicted octanol–water partition coefficient (Wildman–Crippen LogP) is 6.63. The van der Waals surface area contributed by atoms with Crippen LogP contribution in [0, 0.1) is 17.8 Å².